The number of nitrogens with two attached hydrogens (primary N) is 1. The molecule has 4 N–H and O–H groups in total. The first kappa shape index (κ1) is 25.7. The molecule has 2 heterocycles. The Bertz CT molecular complexity index is 1150. The fourth-order valence-electron chi connectivity index (χ4n) is 3.23. The number of aromatic nitrogens is 2. The summed E-state index contributed by atoms with van der Waals surface area (Å²) in [6, 6.07) is 9.38. The maximum absolute atomic E-state index is 15.0. The van der Waals surface area contributed by atoms with Crippen molar-refractivity contribution in [2.24, 2.45) is 5.73 Å². The van der Waals surface area contributed by atoms with Gasteiger partial charge in [0.2, 0.25) is 5.91 Å². The lowest BCUT2D eigenvalue weighted by molar-refractivity contribution is -0.120. The first-order valence-electron chi connectivity index (χ1n) is 10.3. The van der Waals surface area contributed by atoms with Gasteiger partial charge in [-0.15, -0.1) is 0 Å². The molecule has 0 saturated carbocycles. The number of anilines is 1. The van der Waals surface area contributed by atoms with Crippen LogP contribution in [0.4, 0.5) is 19.0 Å². The Morgan fingerprint density at radius 2 is 1.91 bits per heavy atom. The van der Waals surface area contributed by atoms with Crippen LogP contribution < -0.4 is 16.4 Å². The van der Waals surface area contributed by atoms with Crippen LogP contribution in [0.5, 0.6) is 0 Å². The number of nitrogens with zero attached hydrogens (tertiary/aromatic N) is 2. The molecule has 0 fully saturated rings. The molecule has 0 spiro atoms. The molecule has 0 bridgehead atoms. The molecule has 34 heavy (non-hydrogen) atoms. The minimum Gasteiger partial charge on any atom is -0.361 e. The lowest BCUT2D eigenvalue weighted by Crippen LogP contribution is -2.27. The topological polar surface area (TPSA) is 92.9 Å². The normalized spacial score (nSPS) is 11.4. The highest BCUT2D eigenvalue weighted by Crippen LogP contribution is 2.28. The minimum atomic E-state index is -3.37. The molecule has 0 radical (unpaired) electrons. The zero-order valence-electron chi connectivity index (χ0n) is 17.9. The number of rotatable bonds is 10. The molecule has 0 aliphatic carbocycles. The van der Waals surface area contributed by atoms with E-state index in [0.29, 0.717) is 18.0 Å². The highest BCUT2D eigenvalue weighted by Gasteiger charge is 2.33. The molecule has 6 nitrogen and oxygen atoms in total. The molecule has 0 atom stereocenters. The van der Waals surface area contributed by atoms with Crippen molar-refractivity contribution in [2.45, 2.75) is 25.3 Å². The third-order valence-electron chi connectivity index (χ3n) is 4.98. The van der Waals surface area contributed by atoms with Gasteiger partial charge in [0.15, 0.2) is 11.6 Å². The van der Waals surface area contributed by atoms with Gasteiger partial charge in [-0.3, -0.25) is 9.78 Å². The molecule has 180 valence electrons. The number of alkyl halides is 2. The average molecular weight is 512 g/mol. The number of halogens is 5. The zero-order chi connectivity index (χ0) is 24.7. The number of pyridine rings is 2. The van der Waals surface area contributed by atoms with Crippen molar-refractivity contribution in [1.82, 2.24) is 15.3 Å². The van der Waals surface area contributed by atoms with E-state index in [1.165, 1.54) is 24.4 Å². The summed E-state index contributed by atoms with van der Waals surface area (Å²) in [5.41, 5.74) is 6.71. The second kappa shape index (κ2) is 11.5. The number of hydrogen-bond acceptors (Lipinski definition) is 5. The van der Waals surface area contributed by atoms with E-state index in [9.17, 15) is 18.0 Å². The van der Waals surface area contributed by atoms with Crippen molar-refractivity contribution in [2.75, 3.05) is 18.4 Å². The first-order chi connectivity index (χ1) is 16.2. The highest BCUT2D eigenvalue weighted by atomic mass is 35.5. The van der Waals surface area contributed by atoms with E-state index in [2.05, 4.69) is 20.6 Å². The van der Waals surface area contributed by atoms with Crippen molar-refractivity contribution >= 4 is 34.9 Å². The third-order valence-corrected chi connectivity index (χ3v) is 5.54. The Morgan fingerprint density at radius 3 is 2.62 bits per heavy atom. The van der Waals surface area contributed by atoms with Crippen LogP contribution in [0.25, 0.3) is 0 Å². The number of nitrogens with one attached hydrogen (secondary N) is 2. The van der Waals surface area contributed by atoms with Crippen LogP contribution in [0.3, 0.4) is 0 Å². The molecule has 0 aliphatic heterocycles. The summed E-state index contributed by atoms with van der Waals surface area (Å²) >= 11 is 12.1. The average Bonchev–Trinajstić information content (AvgIpc) is 2.82. The van der Waals surface area contributed by atoms with Gasteiger partial charge >= 0.3 is 5.92 Å². The lowest BCUT2D eigenvalue weighted by atomic mass is 10.0. The van der Waals surface area contributed by atoms with Crippen molar-refractivity contribution in [3.8, 4) is 0 Å². The minimum absolute atomic E-state index is 0.0961. The molecule has 0 unspecified atom stereocenters. The van der Waals surface area contributed by atoms with Gasteiger partial charge in [0.1, 0.15) is 5.69 Å². The van der Waals surface area contributed by atoms with Crippen molar-refractivity contribution < 1.29 is 18.0 Å². The molecular weight excluding hydrogens is 490 g/mol. The smallest absolute Gasteiger partial charge is 0.306 e. The quantitative estimate of drug-likeness (QED) is 0.373. The van der Waals surface area contributed by atoms with Gasteiger partial charge in [0.25, 0.3) is 0 Å². The maximum Gasteiger partial charge on any atom is 0.306 e. The van der Waals surface area contributed by atoms with E-state index < -0.39 is 42.1 Å². The van der Waals surface area contributed by atoms with Gasteiger partial charge in [0.05, 0.1) is 18.0 Å². The van der Waals surface area contributed by atoms with Crippen LogP contribution in [0.2, 0.25) is 10.0 Å². The maximum atomic E-state index is 15.0. The number of carbonyl (C=O) groups excluding carboxylic acids is 1. The second-order valence-corrected chi connectivity index (χ2v) is 8.27. The van der Waals surface area contributed by atoms with Crippen molar-refractivity contribution in [3.63, 3.8) is 0 Å². The summed E-state index contributed by atoms with van der Waals surface area (Å²) in [4.78, 5) is 19.9. The monoisotopic (exact) mass is 511 g/mol. The summed E-state index contributed by atoms with van der Waals surface area (Å²) in [6.07, 6.45) is 2.53. The summed E-state index contributed by atoms with van der Waals surface area (Å²) in [5.74, 6) is -5.31. The second-order valence-electron chi connectivity index (χ2n) is 7.43. The fraction of sp³-hybridized carbons (Fsp3) is 0.261. The van der Waals surface area contributed by atoms with Gasteiger partial charge < -0.3 is 16.4 Å². The Morgan fingerprint density at radius 1 is 1.12 bits per heavy atom. The summed E-state index contributed by atoms with van der Waals surface area (Å²) < 4.78 is 43.7. The largest absolute Gasteiger partial charge is 0.361 e. The van der Waals surface area contributed by atoms with Crippen LogP contribution in [-0.4, -0.2) is 29.0 Å². The molecular formula is C23H22Cl2F3N5O. The standard InChI is InChI=1S/C23H22Cl2F3N5O/c24-16-5-4-14(6-7-29)15(9-16)11-31-20(34)10-17-18(25)12-32-22(21(17)26)33-13-23(27,28)19-3-1-2-8-30-19/h1-5,8-9,12H,6-7,10-11,13,29H2,(H,31,34)(H,32,33). The summed E-state index contributed by atoms with van der Waals surface area (Å²) in [7, 11) is 0. The lowest BCUT2D eigenvalue weighted by Gasteiger charge is -2.18. The predicted octanol–water partition coefficient (Wildman–Crippen LogP) is 4.49. The van der Waals surface area contributed by atoms with Crippen LogP contribution in [0.1, 0.15) is 22.4 Å². The van der Waals surface area contributed by atoms with Gasteiger partial charge in [-0.2, -0.15) is 8.78 Å². The fourth-order valence-corrected chi connectivity index (χ4v) is 3.62. The van der Waals surface area contributed by atoms with E-state index in [1.807, 2.05) is 6.07 Å². The van der Waals surface area contributed by atoms with Gasteiger partial charge in [0, 0.05) is 29.5 Å². The molecule has 3 aromatic rings. The molecule has 2 aromatic heterocycles. The van der Waals surface area contributed by atoms with Crippen LogP contribution in [0, 0.1) is 5.82 Å². The Labute approximate surface area is 204 Å². The van der Waals surface area contributed by atoms with E-state index in [0.717, 1.165) is 17.3 Å². The van der Waals surface area contributed by atoms with E-state index in [1.54, 1.807) is 12.1 Å². The van der Waals surface area contributed by atoms with E-state index >= 15 is 0 Å². The summed E-state index contributed by atoms with van der Waals surface area (Å²) in [6.45, 7) is -0.365. The number of carbonyl (C=O) groups is 1. The molecule has 1 amide bonds. The zero-order valence-corrected chi connectivity index (χ0v) is 19.4. The molecule has 1 aromatic carbocycles. The Balaban J connectivity index is 1.68. The summed E-state index contributed by atoms with van der Waals surface area (Å²) in [5, 5.41) is 5.39. The van der Waals surface area contributed by atoms with Crippen LogP contribution in [-0.2, 0) is 30.1 Å². The van der Waals surface area contributed by atoms with E-state index in [-0.39, 0.29) is 17.1 Å². The van der Waals surface area contributed by atoms with Crippen LogP contribution >= 0.6 is 23.2 Å². The molecule has 0 saturated heterocycles. The first-order valence-corrected chi connectivity index (χ1v) is 11.1. The van der Waals surface area contributed by atoms with Gasteiger partial charge in [-0.25, -0.2) is 9.37 Å². The van der Waals surface area contributed by atoms with Gasteiger partial charge in [-0.1, -0.05) is 35.3 Å². The number of benzene rings is 1. The van der Waals surface area contributed by atoms with Crippen LogP contribution in [0.15, 0.2) is 48.8 Å². The van der Waals surface area contributed by atoms with Crippen molar-refractivity contribution in [3.05, 3.63) is 87.0 Å². The third kappa shape index (κ3) is 6.59. The van der Waals surface area contributed by atoms with E-state index in [4.69, 9.17) is 28.9 Å². The number of amides is 1. The predicted molar refractivity (Wildman–Crippen MR) is 126 cm³/mol. The van der Waals surface area contributed by atoms with Gasteiger partial charge in [-0.05, 0) is 48.4 Å². The highest BCUT2D eigenvalue weighted by molar-refractivity contribution is 6.31. The SMILES string of the molecule is NCCc1ccc(Cl)cc1CNC(=O)Cc1c(Cl)cnc(NCC(F)(F)c2ccccn2)c1F. The Hall–Kier alpha value is -2.88. The van der Waals surface area contributed by atoms with Crippen molar-refractivity contribution in [1.29, 1.82) is 0 Å². The molecule has 11 heteroatoms. The Kier molecular flexibility index (Phi) is 8.71. The number of hydrogen-bond donors (Lipinski definition) is 3. The molecule has 3 rings (SSSR count). The molecule has 0 aliphatic rings.